The highest BCUT2D eigenvalue weighted by atomic mass is 15.4. The molecule has 7 nitrogen and oxygen atoms in total. The maximum absolute atomic E-state index is 5.80. The number of hydrogen-bond donors (Lipinski definition) is 2. The van der Waals surface area contributed by atoms with Crippen LogP contribution in [0.5, 0.6) is 0 Å². The molecule has 0 radical (unpaired) electrons. The minimum atomic E-state index is 0.469. The van der Waals surface area contributed by atoms with E-state index >= 15 is 0 Å². The number of nitrogens with one attached hydrogen (secondary N) is 1. The first-order valence-corrected chi connectivity index (χ1v) is 9.92. The number of aromatic amines is 1. The zero-order valence-corrected chi connectivity index (χ0v) is 16.0. The standard InChI is InChI=1S/C21H25N7/c1-27(17-8-6-16(22)7-9-17)12-14-2-4-15(5-3-14)19-20-18-10-11-23-21(18)24-13-28(20)26-25-19/h6-11,13-15,23H,2-5,12,22H2,1H3. The maximum Gasteiger partial charge on any atom is 0.141 e. The third-order valence-electron chi connectivity index (χ3n) is 6.10. The lowest BCUT2D eigenvalue weighted by atomic mass is 9.80. The number of aromatic nitrogens is 5. The fourth-order valence-corrected chi connectivity index (χ4v) is 4.53. The van der Waals surface area contributed by atoms with Crippen LogP contribution in [0.2, 0.25) is 0 Å². The summed E-state index contributed by atoms with van der Waals surface area (Å²) in [5.74, 6) is 1.17. The quantitative estimate of drug-likeness (QED) is 0.532. The van der Waals surface area contributed by atoms with E-state index in [0.717, 1.165) is 47.3 Å². The van der Waals surface area contributed by atoms with Gasteiger partial charge in [0, 0.05) is 42.5 Å². The van der Waals surface area contributed by atoms with Crippen molar-refractivity contribution in [3.63, 3.8) is 0 Å². The van der Waals surface area contributed by atoms with Crippen LogP contribution in [0.3, 0.4) is 0 Å². The first kappa shape index (κ1) is 17.0. The Balaban J connectivity index is 1.29. The van der Waals surface area contributed by atoms with Crippen LogP contribution in [0.25, 0.3) is 16.6 Å². The van der Waals surface area contributed by atoms with Crippen molar-refractivity contribution >= 4 is 27.9 Å². The van der Waals surface area contributed by atoms with Gasteiger partial charge in [-0.25, -0.2) is 9.50 Å². The summed E-state index contributed by atoms with van der Waals surface area (Å²) >= 11 is 0. The smallest absolute Gasteiger partial charge is 0.141 e. The maximum atomic E-state index is 5.80. The average Bonchev–Trinajstić information content (AvgIpc) is 3.35. The van der Waals surface area contributed by atoms with Gasteiger partial charge in [-0.05, 0) is 61.9 Å². The number of nitrogens with zero attached hydrogens (tertiary/aromatic N) is 5. The summed E-state index contributed by atoms with van der Waals surface area (Å²) in [4.78, 5) is 9.92. The molecule has 1 fully saturated rings. The summed E-state index contributed by atoms with van der Waals surface area (Å²) < 4.78 is 1.81. The third kappa shape index (κ3) is 2.96. The molecule has 0 spiro atoms. The first-order chi connectivity index (χ1) is 13.7. The lowest BCUT2D eigenvalue weighted by Crippen LogP contribution is -2.28. The van der Waals surface area contributed by atoms with E-state index in [2.05, 4.69) is 50.4 Å². The molecule has 0 unspecified atom stereocenters. The van der Waals surface area contributed by atoms with Gasteiger partial charge in [0.25, 0.3) is 0 Å². The van der Waals surface area contributed by atoms with E-state index < -0.39 is 0 Å². The van der Waals surface area contributed by atoms with Crippen LogP contribution in [0.1, 0.15) is 37.3 Å². The van der Waals surface area contributed by atoms with E-state index in [0.29, 0.717) is 11.8 Å². The number of fused-ring (bicyclic) bond motifs is 3. The van der Waals surface area contributed by atoms with Gasteiger partial charge in [-0.2, -0.15) is 0 Å². The number of H-pyrrole nitrogens is 1. The van der Waals surface area contributed by atoms with Crippen molar-refractivity contribution in [2.24, 2.45) is 5.92 Å². The molecule has 5 rings (SSSR count). The van der Waals surface area contributed by atoms with Crippen LogP contribution in [-0.4, -0.2) is 38.4 Å². The van der Waals surface area contributed by atoms with E-state index in [-0.39, 0.29) is 0 Å². The molecular formula is C21H25N7. The van der Waals surface area contributed by atoms with Gasteiger partial charge >= 0.3 is 0 Å². The molecule has 0 amide bonds. The van der Waals surface area contributed by atoms with Crippen LogP contribution >= 0.6 is 0 Å². The lowest BCUT2D eigenvalue weighted by molar-refractivity contribution is 0.327. The second-order valence-electron chi connectivity index (χ2n) is 7.94. The number of anilines is 2. The Bertz CT molecular complexity index is 1090. The van der Waals surface area contributed by atoms with Crippen molar-refractivity contribution in [1.82, 2.24) is 24.8 Å². The SMILES string of the molecule is CN(CC1CCC(c2nnn3cnc4[nH]ccc4c23)CC1)c1ccc(N)cc1. The van der Waals surface area contributed by atoms with Gasteiger partial charge in [0.2, 0.25) is 0 Å². The zero-order valence-electron chi connectivity index (χ0n) is 16.0. The van der Waals surface area contributed by atoms with Crippen molar-refractivity contribution in [3.05, 3.63) is 48.5 Å². The molecule has 3 heterocycles. The van der Waals surface area contributed by atoms with Crippen molar-refractivity contribution in [2.45, 2.75) is 31.6 Å². The number of rotatable bonds is 4. The van der Waals surface area contributed by atoms with Crippen LogP contribution < -0.4 is 10.6 Å². The largest absolute Gasteiger partial charge is 0.399 e. The summed E-state index contributed by atoms with van der Waals surface area (Å²) in [5.41, 5.74) is 11.0. The van der Waals surface area contributed by atoms with Gasteiger partial charge in [0.1, 0.15) is 17.5 Å². The molecule has 1 aliphatic carbocycles. The fourth-order valence-electron chi connectivity index (χ4n) is 4.53. The zero-order chi connectivity index (χ0) is 19.1. The Morgan fingerprint density at radius 1 is 1.14 bits per heavy atom. The Hall–Kier alpha value is -3.09. The van der Waals surface area contributed by atoms with E-state index in [9.17, 15) is 0 Å². The fraction of sp³-hybridized carbons (Fsp3) is 0.381. The van der Waals surface area contributed by atoms with Crippen LogP contribution in [-0.2, 0) is 0 Å². The highest BCUT2D eigenvalue weighted by molar-refractivity contribution is 5.92. The third-order valence-corrected chi connectivity index (χ3v) is 6.10. The topological polar surface area (TPSA) is 88.1 Å². The van der Waals surface area contributed by atoms with E-state index in [1.165, 1.54) is 18.5 Å². The summed E-state index contributed by atoms with van der Waals surface area (Å²) in [5, 5.41) is 9.94. The van der Waals surface area contributed by atoms with Gasteiger partial charge in [-0.3, -0.25) is 0 Å². The molecule has 28 heavy (non-hydrogen) atoms. The summed E-state index contributed by atoms with van der Waals surface area (Å²) in [6, 6.07) is 10.2. The summed E-state index contributed by atoms with van der Waals surface area (Å²) in [6.07, 6.45) is 8.41. The van der Waals surface area contributed by atoms with Gasteiger partial charge in [0.05, 0.1) is 5.69 Å². The van der Waals surface area contributed by atoms with Gasteiger partial charge < -0.3 is 15.6 Å². The molecule has 0 aliphatic heterocycles. The Morgan fingerprint density at radius 3 is 2.71 bits per heavy atom. The van der Waals surface area contributed by atoms with Gasteiger partial charge in [-0.1, -0.05) is 5.21 Å². The molecule has 144 valence electrons. The van der Waals surface area contributed by atoms with Crippen molar-refractivity contribution in [2.75, 3.05) is 24.2 Å². The minimum Gasteiger partial charge on any atom is -0.399 e. The number of benzene rings is 1. The molecular weight excluding hydrogens is 350 g/mol. The molecule has 0 saturated heterocycles. The number of hydrogen-bond acceptors (Lipinski definition) is 5. The molecule has 1 aliphatic rings. The highest BCUT2D eigenvalue weighted by Crippen LogP contribution is 2.38. The highest BCUT2D eigenvalue weighted by Gasteiger charge is 2.27. The number of nitrogens with two attached hydrogens (primary N) is 1. The van der Waals surface area contributed by atoms with Crippen LogP contribution in [0.4, 0.5) is 11.4 Å². The second-order valence-corrected chi connectivity index (χ2v) is 7.94. The van der Waals surface area contributed by atoms with E-state index in [1.54, 1.807) is 6.33 Å². The normalized spacial score (nSPS) is 20.0. The molecule has 7 heteroatoms. The predicted molar refractivity (Wildman–Crippen MR) is 111 cm³/mol. The molecule has 1 saturated carbocycles. The molecule has 3 N–H and O–H groups in total. The van der Waals surface area contributed by atoms with Crippen LogP contribution in [0.15, 0.2) is 42.9 Å². The number of nitrogen functional groups attached to an aromatic ring is 1. The van der Waals surface area contributed by atoms with E-state index in [1.807, 2.05) is 22.8 Å². The summed E-state index contributed by atoms with van der Waals surface area (Å²) in [7, 11) is 2.17. The lowest BCUT2D eigenvalue weighted by Gasteiger charge is -2.31. The second kappa shape index (κ2) is 6.82. The van der Waals surface area contributed by atoms with Crippen molar-refractivity contribution in [1.29, 1.82) is 0 Å². The summed E-state index contributed by atoms with van der Waals surface area (Å²) in [6.45, 7) is 1.07. The monoisotopic (exact) mass is 375 g/mol. The molecule has 0 atom stereocenters. The first-order valence-electron chi connectivity index (χ1n) is 9.92. The van der Waals surface area contributed by atoms with Gasteiger partial charge in [0.15, 0.2) is 0 Å². The average molecular weight is 375 g/mol. The minimum absolute atomic E-state index is 0.469. The molecule has 3 aromatic heterocycles. The Kier molecular flexibility index (Phi) is 4.15. The molecule has 4 aromatic rings. The van der Waals surface area contributed by atoms with Gasteiger partial charge in [-0.15, -0.1) is 5.10 Å². The van der Waals surface area contributed by atoms with Crippen LogP contribution in [0, 0.1) is 5.92 Å². The molecule has 0 bridgehead atoms. The molecule has 1 aromatic carbocycles. The van der Waals surface area contributed by atoms with Crippen molar-refractivity contribution in [3.8, 4) is 0 Å². The van der Waals surface area contributed by atoms with Crippen molar-refractivity contribution < 1.29 is 0 Å². The van der Waals surface area contributed by atoms with E-state index in [4.69, 9.17) is 5.73 Å². The Morgan fingerprint density at radius 2 is 1.93 bits per heavy atom. The predicted octanol–water partition coefficient (Wildman–Crippen LogP) is 3.60. The Labute approximate surface area is 163 Å².